The molecule has 2 heterocycles. The topological polar surface area (TPSA) is 71.5 Å². The molecule has 0 saturated heterocycles. The molecule has 35 heavy (non-hydrogen) atoms. The van der Waals surface area contributed by atoms with E-state index in [1.807, 2.05) is 29.2 Å². The maximum atomic E-state index is 13.6. The number of ether oxygens (including phenoxy) is 3. The van der Waals surface area contributed by atoms with Gasteiger partial charge in [-0.3, -0.25) is 9.69 Å². The van der Waals surface area contributed by atoms with Crippen molar-refractivity contribution in [2.45, 2.75) is 31.4 Å². The van der Waals surface area contributed by atoms with Gasteiger partial charge in [0.2, 0.25) is 5.91 Å². The number of methoxy groups -OCH3 is 1. The number of rotatable bonds is 13. The second kappa shape index (κ2) is 12.4. The molecule has 1 fully saturated rings. The number of hydrogen-bond acceptors (Lipinski definition) is 7. The lowest BCUT2D eigenvalue weighted by Crippen LogP contribution is -2.48. The fourth-order valence-corrected chi connectivity index (χ4v) is 5.41. The van der Waals surface area contributed by atoms with E-state index in [-0.39, 0.29) is 31.7 Å². The van der Waals surface area contributed by atoms with Crippen LogP contribution in [-0.4, -0.2) is 80.0 Å². The van der Waals surface area contributed by atoms with Crippen molar-refractivity contribution in [3.8, 4) is 23.8 Å². The Bertz CT molecular complexity index is 998. The predicted octanol–water partition coefficient (Wildman–Crippen LogP) is 2.98. The highest BCUT2D eigenvalue weighted by atomic mass is 32.1. The molecule has 1 N–H and O–H groups in total. The van der Waals surface area contributed by atoms with Gasteiger partial charge in [0.05, 0.1) is 32.4 Å². The molecule has 0 radical (unpaired) electrons. The van der Waals surface area contributed by atoms with E-state index in [4.69, 9.17) is 20.6 Å². The van der Waals surface area contributed by atoms with Gasteiger partial charge in [-0.2, -0.15) is 0 Å². The van der Waals surface area contributed by atoms with Crippen LogP contribution in [0, 0.1) is 18.3 Å². The van der Waals surface area contributed by atoms with Gasteiger partial charge in [-0.25, -0.2) is 0 Å². The summed E-state index contributed by atoms with van der Waals surface area (Å²) in [6, 6.07) is 9.45. The fourth-order valence-electron chi connectivity index (χ4n) is 4.48. The summed E-state index contributed by atoms with van der Waals surface area (Å²) in [6.07, 6.45) is 7.73. The largest absolute Gasteiger partial charge is 0.497 e. The number of nitrogens with zero attached hydrogens (tertiary/aromatic N) is 2. The Morgan fingerprint density at radius 3 is 2.77 bits per heavy atom. The Morgan fingerprint density at radius 1 is 1.29 bits per heavy atom. The standard InChI is InChI=1S/C27H34N2O5S/c1-3-13-33-18-21(30)16-28(15-20-4-5-20)17-27(31)29-12-10-26-24(11-14-35-26)25(29)19-34-23-8-6-22(32-2)7-9-23/h1,6-9,11,14,20-21,25,30H,4-5,10,12-13,15-19H2,2H3. The molecule has 1 amide bonds. The lowest BCUT2D eigenvalue weighted by Gasteiger charge is -2.37. The first-order valence-corrected chi connectivity index (χ1v) is 13.0. The maximum absolute atomic E-state index is 13.6. The van der Waals surface area contributed by atoms with Gasteiger partial charge in [0.1, 0.15) is 24.7 Å². The summed E-state index contributed by atoms with van der Waals surface area (Å²) in [5.74, 6) is 4.58. The lowest BCUT2D eigenvalue weighted by atomic mass is 10.0. The lowest BCUT2D eigenvalue weighted by molar-refractivity contribution is -0.136. The second-order valence-electron chi connectivity index (χ2n) is 9.15. The Balaban J connectivity index is 1.41. The molecule has 188 valence electrons. The number of aliphatic hydroxyl groups excluding tert-OH is 1. The first kappa shape index (κ1) is 25.5. The highest BCUT2D eigenvalue weighted by Crippen LogP contribution is 2.34. The smallest absolute Gasteiger partial charge is 0.237 e. The van der Waals surface area contributed by atoms with Gasteiger partial charge in [-0.15, -0.1) is 17.8 Å². The molecule has 2 aliphatic rings. The molecule has 0 spiro atoms. The van der Waals surface area contributed by atoms with Crippen LogP contribution in [0.3, 0.4) is 0 Å². The Hall–Kier alpha value is -2.57. The van der Waals surface area contributed by atoms with E-state index in [0.717, 1.165) is 24.5 Å². The molecular weight excluding hydrogens is 464 g/mol. The molecule has 2 unspecified atom stereocenters. The van der Waals surface area contributed by atoms with E-state index >= 15 is 0 Å². The van der Waals surface area contributed by atoms with E-state index in [1.165, 1.54) is 23.3 Å². The van der Waals surface area contributed by atoms with Gasteiger partial charge in [0, 0.05) is 24.5 Å². The zero-order valence-electron chi connectivity index (χ0n) is 20.2. The highest BCUT2D eigenvalue weighted by molar-refractivity contribution is 7.10. The normalized spacial score (nSPS) is 18.1. The summed E-state index contributed by atoms with van der Waals surface area (Å²) in [5.41, 5.74) is 1.17. The molecule has 2 aromatic rings. The van der Waals surface area contributed by atoms with Gasteiger partial charge in [-0.05, 0) is 66.5 Å². The third-order valence-corrected chi connectivity index (χ3v) is 7.42. The monoisotopic (exact) mass is 498 g/mol. The van der Waals surface area contributed by atoms with Gasteiger partial charge in [0.15, 0.2) is 0 Å². The number of carbonyl (C=O) groups is 1. The average molecular weight is 499 g/mol. The SMILES string of the molecule is C#CCOCC(O)CN(CC(=O)N1CCc2sccc2C1COc1ccc(OC)cc1)CC1CC1. The second-order valence-corrected chi connectivity index (χ2v) is 10.1. The van der Waals surface area contributed by atoms with Gasteiger partial charge < -0.3 is 24.2 Å². The molecular formula is C27H34N2O5S. The van der Waals surface area contributed by atoms with E-state index in [9.17, 15) is 9.90 Å². The molecule has 1 aliphatic carbocycles. The third-order valence-electron chi connectivity index (χ3n) is 6.42. The summed E-state index contributed by atoms with van der Waals surface area (Å²) in [5, 5.41) is 12.5. The van der Waals surface area contributed by atoms with Crippen LogP contribution < -0.4 is 9.47 Å². The van der Waals surface area contributed by atoms with E-state index < -0.39 is 6.10 Å². The maximum Gasteiger partial charge on any atom is 0.237 e. The van der Waals surface area contributed by atoms with Crippen LogP contribution in [0.15, 0.2) is 35.7 Å². The van der Waals surface area contributed by atoms with Crippen LogP contribution in [0.25, 0.3) is 0 Å². The summed E-state index contributed by atoms with van der Waals surface area (Å²) >= 11 is 1.74. The minimum atomic E-state index is -0.686. The molecule has 1 aromatic heterocycles. The fraction of sp³-hybridized carbons (Fsp3) is 0.519. The zero-order valence-corrected chi connectivity index (χ0v) is 21.0. The van der Waals surface area contributed by atoms with Crippen molar-refractivity contribution in [3.05, 3.63) is 46.2 Å². The van der Waals surface area contributed by atoms with Crippen molar-refractivity contribution in [1.29, 1.82) is 0 Å². The number of fused-ring (bicyclic) bond motifs is 1. The minimum Gasteiger partial charge on any atom is -0.497 e. The average Bonchev–Trinajstić information content (AvgIpc) is 3.54. The van der Waals surface area contributed by atoms with E-state index in [0.29, 0.717) is 25.6 Å². The Labute approximate surface area is 211 Å². The number of thiophene rings is 1. The molecule has 2 atom stereocenters. The highest BCUT2D eigenvalue weighted by Gasteiger charge is 2.34. The Morgan fingerprint density at radius 2 is 2.06 bits per heavy atom. The van der Waals surface area contributed by atoms with E-state index in [2.05, 4.69) is 22.3 Å². The van der Waals surface area contributed by atoms with Crippen molar-refractivity contribution in [1.82, 2.24) is 9.80 Å². The summed E-state index contributed by atoms with van der Waals surface area (Å²) in [7, 11) is 1.63. The van der Waals surface area contributed by atoms with Gasteiger partial charge in [-0.1, -0.05) is 5.92 Å². The molecule has 1 saturated carbocycles. The number of amides is 1. The van der Waals surface area contributed by atoms with Gasteiger partial charge >= 0.3 is 0 Å². The van der Waals surface area contributed by atoms with Crippen molar-refractivity contribution in [2.75, 3.05) is 53.1 Å². The molecule has 0 bridgehead atoms. The van der Waals surface area contributed by atoms with Crippen LogP contribution in [0.4, 0.5) is 0 Å². The van der Waals surface area contributed by atoms with Crippen molar-refractivity contribution < 1.29 is 24.1 Å². The van der Waals surface area contributed by atoms with Gasteiger partial charge in [0.25, 0.3) is 0 Å². The minimum absolute atomic E-state index is 0.0579. The van der Waals surface area contributed by atoms with Crippen molar-refractivity contribution in [3.63, 3.8) is 0 Å². The number of carbonyl (C=O) groups excluding carboxylic acids is 1. The summed E-state index contributed by atoms with van der Waals surface area (Å²) in [4.78, 5) is 18.9. The molecule has 1 aromatic carbocycles. The quantitative estimate of drug-likeness (QED) is 0.338. The molecule has 4 rings (SSSR count). The van der Waals surface area contributed by atoms with Crippen molar-refractivity contribution >= 4 is 17.2 Å². The van der Waals surface area contributed by atoms with Crippen LogP contribution in [0.2, 0.25) is 0 Å². The first-order chi connectivity index (χ1) is 17.1. The van der Waals surface area contributed by atoms with Crippen LogP contribution >= 0.6 is 11.3 Å². The number of benzene rings is 1. The molecule has 1 aliphatic heterocycles. The summed E-state index contributed by atoms with van der Waals surface area (Å²) < 4.78 is 16.6. The third kappa shape index (κ3) is 7.21. The number of terminal acetylenes is 1. The first-order valence-electron chi connectivity index (χ1n) is 12.1. The van der Waals surface area contributed by atoms with Crippen molar-refractivity contribution in [2.24, 2.45) is 5.92 Å². The number of aliphatic hydroxyl groups is 1. The van der Waals surface area contributed by atoms with Crippen LogP contribution in [0.1, 0.15) is 29.3 Å². The Kier molecular flexibility index (Phi) is 9.05. The summed E-state index contributed by atoms with van der Waals surface area (Å²) in [6.45, 7) is 2.84. The van der Waals surface area contributed by atoms with E-state index in [1.54, 1.807) is 18.4 Å². The van der Waals surface area contributed by atoms with Crippen LogP contribution in [0.5, 0.6) is 11.5 Å². The van der Waals surface area contributed by atoms with Crippen LogP contribution in [-0.2, 0) is 16.0 Å². The molecule has 7 nitrogen and oxygen atoms in total. The zero-order chi connectivity index (χ0) is 24.6. The molecule has 8 heteroatoms. The predicted molar refractivity (Wildman–Crippen MR) is 136 cm³/mol. The number of hydrogen-bond donors (Lipinski definition) is 1.